The Morgan fingerprint density at radius 3 is 2.24 bits per heavy atom. The molecule has 1 heterocycles. The summed E-state index contributed by atoms with van der Waals surface area (Å²) in [6.45, 7) is 15.1. The summed E-state index contributed by atoms with van der Waals surface area (Å²) in [6, 6.07) is 0. The van der Waals surface area contributed by atoms with Crippen LogP contribution in [0.4, 0.5) is 0 Å². The molecule has 0 aliphatic heterocycles. The van der Waals surface area contributed by atoms with Gasteiger partial charge in [0.2, 0.25) is 0 Å². The van der Waals surface area contributed by atoms with Crippen LogP contribution >= 0.6 is 0 Å². The highest BCUT2D eigenvalue weighted by molar-refractivity contribution is 8.01. The molecule has 0 aromatic carbocycles. The first-order valence-electron chi connectivity index (χ1n) is 8.80. The van der Waals surface area contributed by atoms with Crippen molar-refractivity contribution in [1.29, 1.82) is 0 Å². The van der Waals surface area contributed by atoms with Crippen LogP contribution in [0, 0.1) is 5.41 Å². The Morgan fingerprint density at radius 2 is 1.68 bits per heavy atom. The molecule has 0 saturated heterocycles. The average Bonchev–Trinajstić information content (AvgIpc) is 2.85. The lowest BCUT2D eigenvalue weighted by Crippen LogP contribution is -2.32. The number of nitrogens with zero attached hydrogens (tertiary/aromatic N) is 3. The second-order valence-corrected chi connectivity index (χ2v) is 11.8. The summed E-state index contributed by atoms with van der Waals surface area (Å²) in [6.07, 6.45) is 2.88. The number of rotatable bonds is 10. The normalized spacial score (nSPS) is 15.3. The number of hydrogen-bond donors (Lipinski definition) is 0. The summed E-state index contributed by atoms with van der Waals surface area (Å²) < 4.78 is 24.9. The minimum Gasteiger partial charge on any atom is -0.378 e. The third kappa shape index (κ3) is 8.83. The minimum atomic E-state index is -2.13. The molecule has 0 spiro atoms. The molecule has 1 aromatic heterocycles. The summed E-state index contributed by atoms with van der Waals surface area (Å²) in [5, 5.41) is 8.30. The van der Waals surface area contributed by atoms with Crippen molar-refractivity contribution < 1.29 is 13.7 Å². The number of aromatic nitrogens is 3. The second-order valence-electron chi connectivity index (χ2n) is 8.56. The van der Waals surface area contributed by atoms with Crippen LogP contribution in [0.2, 0.25) is 0 Å². The Hall–Kier alpha value is -0.920. The van der Waals surface area contributed by atoms with E-state index in [0.717, 1.165) is 12.1 Å². The molecule has 0 aliphatic carbocycles. The van der Waals surface area contributed by atoms with Gasteiger partial charge in [-0.25, -0.2) is 4.68 Å². The van der Waals surface area contributed by atoms with Gasteiger partial charge >= 0.3 is 0 Å². The lowest BCUT2D eigenvalue weighted by Gasteiger charge is -2.24. The van der Waals surface area contributed by atoms with E-state index in [1.807, 2.05) is 31.6 Å². The highest BCUT2D eigenvalue weighted by Crippen LogP contribution is 2.18. The molecular weight excluding hydrogens is 338 g/mol. The fourth-order valence-electron chi connectivity index (χ4n) is 2.05. The van der Waals surface area contributed by atoms with E-state index < -0.39 is 9.52 Å². The third-order valence-electron chi connectivity index (χ3n) is 3.81. The van der Waals surface area contributed by atoms with Crippen molar-refractivity contribution in [3.8, 4) is 0 Å². The van der Waals surface area contributed by atoms with E-state index in [1.165, 1.54) is 0 Å². The van der Waals surface area contributed by atoms with Crippen molar-refractivity contribution >= 4 is 15.4 Å². The van der Waals surface area contributed by atoms with E-state index in [2.05, 4.69) is 37.0 Å². The zero-order valence-electron chi connectivity index (χ0n) is 16.7. The maximum Gasteiger partial charge on any atom is 0.0832 e. The van der Waals surface area contributed by atoms with Crippen LogP contribution in [0.3, 0.4) is 0 Å². The van der Waals surface area contributed by atoms with Gasteiger partial charge in [-0.15, -0.1) is 5.10 Å². The van der Waals surface area contributed by atoms with E-state index >= 15 is 0 Å². The van der Waals surface area contributed by atoms with Gasteiger partial charge in [0.1, 0.15) is 0 Å². The molecule has 0 radical (unpaired) electrons. The van der Waals surface area contributed by atoms with Gasteiger partial charge in [0.05, 0.1) is 38.7 Å². The minimum absolute atomic E-state index is 0.207. The molecule has 6 nitrogen and oxygen atoms in total. The molecule has 0 saturated carbocycles. The van der Waals surface area contributed by atoms with Gasteiger partial charge in [-0.2, -0.15) is 0 Å². The van der Waals surface area contributed by atoms with E-state index in [0.29, 0.717) is 38.7 Å². The Morgan fingerprint density at radius 1 is 1.08 bits per heavy atom. The molecular formula is C18H35N3O3S. The lowest BCUT2D eigenvalue weighted by molar-refractivity contribution is 0.0493. The van der Waals surface area contributed by atoms with E-state index in [1.54, 1.807) is 0 Å². The first kappa shape index (κ1) is 22.1. The van der Waals surface area contributed by atoms with Crippen LogP contribution in [0.1, 0.15) is 47.2 Å². The maximum atomic E-state index is 12.4. The molecule has 7 heteroatoms. The highest BCUT2D eigenvalue weighted by atomic mass is 32.2. The Labute approximate surface area is 153 Å². The van der Waals surface area contributed by atoms with Gasteiger partial charge in [0.15, 0.2) is 0 Å². The largest absolute Gasteiger partial charge is 0.378 e. The van der Waals surface area contributed by atoms with Crippen molar-refractivity contribution in [2.75, 3.05) is 32.2 Å². The number of ether oxygens (including phenoxy) is 2. The van der Waals surface area contributed by atoms with Crippen LogP contribution in [0.5, 0.6) is 0 Å². The highest BCUT2D eigenvalue weighted by Gasteiger charge is 2.22. The Kier molecular flexibility index (Phi) is 8.09. The Bertz CT molecular complexity index is 610. The standard InChI is InChI=1S/C18H35N3O3S/c1-17(2,3)14-16-15-21(20-19-16)8-9-23-10-11-24-12-13-25(7,22)18(4,5)6/h15H,7-14H2,1-6H3. The van der Waals surface area contributed by atoms with Gasteiger partial charge in [-0.3, -0.25) is 4.21 Å². The maximum absolute atomic E-state index is 12.4. The molecule has 0 bridgehead atoms. The molecule has 0 aliphatic rings. The van der Waals surface area contributed by atoms with Crippen molar-refractivity contribution in [2.24, 2.45) is 5.41 Å². The zero-order valence-corrected chi connectivity index (χ0v) is 17.5. The summed E-state index contributed by atoms with van der Waals surface area (Å²) >= 11 is 0. The summed E-state index contributed by atoms with van der Waals surface area (Å²) in [7, 11) is -2.13. The van der Waals surface area contributed by atoms with Gasteiger partial charge in [0, 0.05) is 16.7 Å². The van der Waals surface area contributed by atoms with E-state index in [4.69, 9.17) is 9.47 Å². The zero-order chi connectivity index (χ0) is 19.1. The topological polar surface area (TPSA) is 66.2 Å². The molecule has 0 amide bonds. The van der Waals surface area contributed by atoms with Gasteiger partial charge < -0.3 is 9.47 Å². The van der Waals surface area contributed by atoms with Crippen LogP contribution in [-0.4, -0.2) is 62.0 Å². The molecule has 0 fully saturated rings. The molecule has 25 heavy (non-hydrogen) atoms. The first-order valence-corrected chi connectivity index (χ1v) is 10.7. The van der Waals surface area contributed by atoms with Gasteiger partial charge in [-0.05, 0) is 48.0 Å². The average molecular weight is 374 g/mol. The smallest absolute Gasteiger partial charge is 0.0832 e. The third-order valence-corrected chi connectivity index (χ3v) is 6.87. The lowest BCUT2D eigenvalue weighted by atomic mass is 9.91. The molecule has 1 aromatic rings. The summed E-state index contributed by atoms with van der Waals surface area (Å²) in [5.74, 6) is 4.33. The van der Waals surface area contributed by atoms with Crippen LogP contribution < -0.4 is 0 Å². The Balaban J connectivity index is 2.11. The summed E-state index contributed by atoms with van der Waals surface area (Å²) in [5.41, 5.74) is 1.21. The van der Waals surface area contributed by atoms with Crippen LogP contribution in [0.15, 0.2) is 6.20 Å². The first-order chi connectivity index (χ1) is 11.4. The van der Waals surface area contributed by atoms with Gasteiger partial charge in [-0.1, -0.05) is 26.0 Å². The number of hydrogen-bond acceptors (Lipinski definition) is 5. The van der Waals surface area contributed by atoms with Crippen molar-refractivity contribution in [1.82, 2.24) is 15.0 Å². The van der Waals surface area contributed by atoms with E-state index in [-0.39, 0.29) is 10.2 Å². The van der Waals surface area contributed by atoms with Crippen LogP contribution in [0.25, 0.3) is 0 Å². The molecule has 1 rings (SSSR count). The molecule has 0 N–H and O–H groups in total. The predicted octanol–water partition coefficient (Wildman–Crippen LogP) is 2.41. The molecule has 1 unspecified atom stereocenters. The fourth-order valence-corrected chi connectivity index (χ4v) is 3.05. The second kappa shape index (κ2) is 9.14. The summed E-state index contributed by atoms with van der Waals surface area (Å²) in [4.78, 5) is 0. The molecule has 146 valence electrons. The van der Waals surface area contributed by atoms with Crippen LogP contribution in [-0.2, 0) is 32.0 Å². The molecule has 1 atom stereocenters. The fraction of sp³-hybridized carbons (Fsp3) is 0.833. The van der Waals surface area contributed by atoms with Crippen molar-refractivity contribution in [2.45, 2.75) is 59.3 Å². The SMILES string of the molecule is C=S(=O)(CCOCCOCCn1cc(CC(C)(C)C)nn1)C(C)(C)C. The van der Waals surface area contributed by atoms with E-state index in [9.17, 15) is 4.21 Å². The predicted molar refractivity (Wildman–Crippen MR) is 105 cm³/mol. The monoisotopic (exact) mass is 373 g/mol. The van der Waals surface area contributed by atoms with Gasteiger partial charge in [0.25, 0.3) is 0 Å². The van der Waals surface area contributed by atoms with Crippen molar-refractivity contribution in [3.05, 3.63) is 11.9 Å². The van der Waals surface area contributed by atoms with Crippen molar-refractivity contribution in [3.63, 3.8) is 0 Å². The quantitative estimate of drug-likeness (QED) is 0.465.